The Morgan fingerprint density at radius 1 is 1.03 bits per heavy atom. The predicted octanol–water partition coefficient (Wildman–Crippen LogP) is 4.69. The minimum Gasteiger partial charge on any atom is -0.459 e. The second-order valence-corrected chi connectivity index (χ2v) is 9.85. The first-order chi connectivity index (χ1) is 15.4. The van der Waals surface area contributed by atoms with E-state index in [-0.39, 0.29) is 23.9 Å². The minimum atomic E-state index is -0.312. The summed E-state index contributed by atoms with van der Waals surface area (Å²) < 4.78 is 6.86. The number of rotatable bonds is 5. The van der Waals surface area contributed by atoms with Crippen molar-refractivity contribution in [3.63, 3.8) is 0 Å². The molecule has 170 valence electrons. The Labute approximate surface area is 198 Å². The number of nitrogens with zero attached hydrogens (tertiary/aromatic N) is 1. The first-order valence-corrected chi connectivity index (χ1v) is 12.3. The average molecular weight is 499 g/mol. The predicted molar refractivity (Wildman–Crippen MR) is 129 cm³/mol. The highest BCUT2D eigenvalue weighted by Crippen LogP contribution is 2.31. The summed E-state index contributed by atoms with van der Waals surface area (Å²) in [5.74, 6) is -0.167. The molecule has 0 spiro atoms. The van der Waals surface area contributed by atoms with Crippen molar-refractivity contribution in [1.82, 2.24) is 10.2 Å². The lowest BCUT2D eigenvalue weighted by atomic mass is 9.86. The van der Waals surface area contributed by atoms with Crippen molar-refractivity contribution in [2.75, 3.05) is 19.6 Å². The van der Waals surface area contributed by atoms with Crippen LogP contribution in [-0.2, 0) is 4.74 Å². The molecular formula is C26H31BrN2O3. The van der Waals surface area contributed by atoms with Crippen LogP contribution in [-0.4, -0.2) is 54.5 Å². The lowest BCUT2D eigenvalue weighted by Gasteiger charge is -2.44. The molecule has 4 rings (SSSR count). The number of nitrogens with one attached hydrogen (secondary N) is 1. The van der Waals surface area contributed by atoms with Crippen LogP contribution >= 0.6 is 15.9 Å². The molecule has 2 aliphatic rings. The Balaban J connectivity index is 1.58. The van der Waals surface area contributed by atoms with Crippen LogP contribution < -0.4 is 5.32 Å². The number of halogens is 1. The number of ether oxygens (including phenoxy) is 1. The number of esters is 1. The van der Waals surface area contributed by atoms with Gasteiger partial charge in [0.25, 0.3) is 0 Å². The molecule has 2 fully saturated rings. The summed E-state index contributed by atoms with van der Waals surface area (Å²) in [6, 6.07) is 13.2. The van der Waals surface area contributed by atoms with Crippen molar-refractivity contribution in [1.29, 1.82) is 0 Å². The molecule has 2 aromatic carbocycles. The third-order valence-electron chi connectivity index (χ3n) is 6.70. The molecule has 1 N–H and O–H groups in total. The van der Waals surface area contributed by atoms with Crippen LogP contribution in [0.25, 0.3) is 0 Å². The van der Waals surface area contributed by atoms with E-state index in [1.54, 1.807) is 12.1 Å². The summed E-state index contributed by atoms with van der Waals surface area (Å²) in [4.78, 5) is 28.9. The van der Waals surface area contributed by atoms with Gasteiger partial charge >= 0.3 is 5.97 Å². The number of aryl methyl sites for hydroxylation is 2. The molecule has 0 aromatic heterocycles. The zero-order valence-corrected chi connectivity index (χ0v) is 20.4. The Hall–Kier alpha value is -2.02. The van der Waals surface area contributed by atoms with Gasteiger partial charge in [0.2, 0.25) is 0 Å². The number of Topliss-reactive ketones (excluding diaryl/α,β-unsaturated/α-hetero) is 1. The molecule has 6 heteroatoms. The summed E-state index contributed by atoms with van der Waals surface area (Å²) in [7, 11) is 0. The largest absolute Gasteiger partial charge is 0.459 e. The van der Waals surface area contributed by atoms with Gasteiger partial charge in [-0.2, -0.15) is 0 Å². The summed E-state index contributed by atoms with van der Waals surface area (Å²) in [5.41, 5.74) is 3.31. The zero-order chi connectivity index (χ0) is 22.7. The van der Waals surface area contributed by atoms with Gasteiger partial charge in [-0.1, -0.05) is 34.1 Å². The molecule has 1 unspecified atom stereocenters. The van der Waals surface area contributed by atoms with Crippen LogP contribution in [0.3, 0.4) is 0 Å². The Morgan fingerprint density at radius 2 is 1.69 bits per heavy atom. The van der Waals surface area contributed by atoms with E-state index < -0.39 is 0 Å². The number of hydrogen-bond donors (Lipinski definition) is 1. The quantitative estimate of drug-likeness (QED) is 0.478. The molecule has 2 heterocycles. The monoisotopic (exact) mass is 498 g/mol. The fourth-order valence-electron chi connectivity index (χ4n) is 5.15. The molecule has 2 atom stereocenters. The van der Waals surface area contributed by atoms with Crippen LogP contribution in [0.5, 0.6) is 0 Å². The van der Waals surface area contributed by atoms with Gasteiger partial charge in [0, 0.05) is 29.0 Å². The van der Waals surface area contributed by atoms with E-state index in [4.69, 9.17) is 4.74 Å². The number of likely N-dealkylation sites (tertiary alicyclic amines) is 1. The van der Waals surface area contributed by atoms with Gasteiger partial charge in [0.15, 0.2) is 5.78 Å². The normalized spacial score (nSPS) is 22.5. The second kappa shape index (κ2) is 10.3. The van der Waals surface area contributed by atoms with Gasteiger partial charge < -0.3 is 10.1 Å². The summed E-state index contributed by atoms with van der Waals surface area (Å²) in [6.07, 6.45) is 3.11. The highest BCUT2D eigenvalue weighted by Gasteiger charge is 2.39. The zero-order valence-electron chi connectivity index (χ0n) is 18.8. The maximum absolute atomic E-state index is 13.9. The number of piperidine rings is 2. The maximum Gasteiger partial charge on any atom is 0.338 e. The molecule has 2 saturated heterocycles. The Morgan fingerprint density at radius 3 is 2.34 bits per heavy atom. The summed E-state index contributed by atoms with van der Waals surface area (Å²) >= 11 is 3.54. The van der Waals surface area contributed by atoms with E-state index in [0.717, 1.165) is 60.1 Å². The molecule has 2 aromatic rings. The summed E-state index contributed by atoms with van der Waals surface area (Å²) in [5, 5.41) is 3.42. The van der Waals surface area contributed by atoms with E-state index in [9.17, 15) is 9.59 Å². The van der Waals surface area contributed by atoms with Crippen LogP contribution in [0.1, 0.15) is 57.5 Å². The molecule has 5 nitrogen and oxygen atoms in total. The van der Waals surface area contributed by atoms with Crippen molar-refractivity contribution in [2.45, 2.75) is 57.7 Å². The lowest BCUT2D eigenvalue weighted by molar-refractivity contribution is -0.0134. The molecule has 0 amide bonds. The highest BCUT2D eigenvalue weighted by molar-refractivity contribution is 9.10. The number of benzene rings is 2. The lowest BCUT2D eigenvalue weighted by Crippen LogP contribution is -2.56. The number of ketones is 1. The fraction of sp³-hybridized carbons (Fsp3) is 0.462. The maximum atomic E-state index is 13.9. The number of carbonyl (C=O) groups excluding carboxylic acids is 2. The van der Waals surface area contributed by atoms with Gasteiger partial charge in [0.1, 0.15) is 6.10 Å². The minimum absolute atomic E-state index is 0.145. The molecular weight excluding hydrogens is 468 g/mol. The SMILES string of the molecule is Cc1cc(Br)cc(C)c1C(=O)[C@H]1CC(OC(=O)c2ccccc2)CCN1C1CCNCC1. The standard InChI is InChI=1S/C26H31BrN2O3/c1-17-14-20(27)15-18(2)24(17)25(30)23-16-22(32-26(31)19-6-4-3-5-7-19)10-13-29(23)21-8-11-28-12-9-21/h3-7,14-15,21-23,28H,8-13,16H2,1-2H3/t22?,23-/m1/s1. The van der Waals surface area contributed by atoms with E-state index in [1.165, 1.54) is 0 Å². The topological polar surface area (TPSA) is 58.6 Å². The van der Waals surface area contributed by atoms with Crippen molar-refractivity contribution in [3.8, 4) is 0 Å². The Bertz CT molecular complexity index is 949. The highest BCUT2D eigenvalue weighted by atomic mass is 79.9. The van der Waals surface area contributed by atoms with Gasteiger partial charge in [-0.25, -0.2) is 4.79 Å². The van der Waals surface area contributed by atoms with Gasteiger partial charge in [0.05, 0.1) is 11.6 Å². The van der Waals surface area contributed by atoms with Crippen LogP contribution in [0, 0.1) is 13.8 Å². The molecule has 0 bridgehead atoms. The third-order valence-corrected chi connectivity index (χ3v) is 7.16. The van der Waals surface area contributed by atoms with Crippen LogP contribution in [0.2, 0.25) is 0 Å². The second-order valence-electron chi connectivity index (χ2n) is 8.93. The third kappa shape index (κ3) is 5.13. The van der Waals surface area contributed by atoms with Crippen LogP contribution in [0.15, 0.2) is 46.9 Å². The first-order valence-electron chi connectivity index (χ1n) is 11.5. The molecule has 0 aliphatic carbocycles. The van der Waals surface area contributed by atoms with E-state index in [0.29, 0.717) is 18.0 Å². The molecule has 0 radical (unpaired) electrons. The first kappa shape index (κ1) is 23.1. The smallest absolute Gasteiger partial charge is 0.338 e. The molecule has 0 saturated carbocycles. The fourth-order valence-corrected chi connectivity index (χ4v) is 5.84. The van der Waals surface area contributed by atoms with Gasteiger partial charge in [-0.15, -0.1) is 0 Å². The van der Waals surface area contributed by atoms with E-state index >= 15 is 0 Å². The van der Waals surface area contributed by atoms with E-state index in [2.05, 4.69) is 26.1 Å². The van der Waals surface area contributed by atoms with Gasteiger partial charge in [-0.05, 0) is 81.6 Å². The van der Waals surface area contributed by atoms with Crippen molar-refractivity contribution < 1.29 is 14.3 Å². The van der Waals surface area contributed by atoms with Crippen molar-refractivity contribution >= 4 is 27.7 Å². The molecule has 2 aliphatic heterocycles. The van der Waals surface area contributed by atoms with E-state index in [1.807, 2.05) is 44.2 Å². The average Bonchev–Trinajstić information content (AvgIpc) is 2.79. The van der Waals surface area contributed by atoms with Crippen LogP contribution in [0.4, 0.5) is 0 Å². The van der Waals surface area contributed by atoms with Gasteiger partial charge in [-0.3, -0.25) is 9.69 Å². The number of hydrogen-bond acceptors (Lipinski definition) is 5. The van der Waals surface area contributed by atoms with Crippen molar-refractivity contribution in [2.24, 2.45) is 0 Å². The number of carbonyl (C=O) groups is 2. The summed E-state index contributed by atoms with van der Waals surface area (Å²) in [6.45, 7) is 6.71. The van der Waals surface area contributed by atoms with Crippen molar-refractivity contribution in [3.05, 3.63) is 69.2 Å². The molecule has 32 heavy (non-hydrogen) atoms. The Kier molecular flexibility index (Phi) is 7.44.